The number of carbonyl (C=O) groups excluding carboxylic acids is 1. The molecule has 1 fully saturated rings. The van der Waals surface area contributed by atoms with Crippen molar-refractivity contribution in [3.8, 4) is 5.75 Å². The summed E-state index contributed by atoms with van der Waals surface area (Å²) in [7, 11) is 1.43. The number of benzene rings is 1. The molecule has 0 bridgehead atoms. The summed E-state index contributed by atoms with van der Waals surface area (Å²) < 4.78 is 11.0. The molecule has 1 aromatic rings. The number of nitrogens with one attached hydrogen (secondary N) is 1. The van der Waals surface area contributed by atoms with E-state index < -0.39 is 5.54 Å². The first kappa shape index (κ1) is 15.8. The Kier molecular flexibility index (Phi) is 4.88. The fourth-order valence-corrected chi connectivity index (χ4v) is 2.63. The highest BCUT2D eigenvalue weighted by molar-refractivity contribution is 5.80. The predicted molar refractivity (Wildman–Crippen MR) is 82.5 cm³/mol. The fraction of sp³-hybridized carbons (Fsp3) is 0.588. The fourth-order valence-electron chi connectivity index (χ4n) is 2.63. The van der Waals surface area contributed by atoms with Gasteiger partial charge < -0.3 is 9.47 Å². The molecule has 2 atom stereocenters. The van der Waals surface area contributed by atoms with E-state index in [1.165, 1.54) is 7.11 Å². The largest absolute Gasteiger partial charge is 0.490 e. The average molecular weight is 291 g/mol. The first-order valence-electron chi connectivity index (χ1n) is 7.53. The Morgan fingerprint density at radius 2 is 2.10 bits per heavy atom. The molecular weight excluding hydrogens is 266 g/mol. The number of para-hydroxylation sites is 1. The van der Waals surface area contributed by atoms with Gasteiger partial charge in [0.15, 0.2) is 0 Å². The molecule has 1 N–H and O–H groups in total. The molecule has 1 aromatic carbocycles. The first-order valence-corrected chi connectivity index (χ1v) is 7.53. The summed E-state index contributed by atoms with van der Waals surface area (Å²) in [6.07, 6.45) is 2.74. The summed E-state index contributed by atoms with van der Waals surface area (Å²) in [4.78, 5) is 12.1. The van der Waals surface area contributed by atoms with Crippen LogP contribution in [0, 0.1) is 6.92 Å². The molecule has 1 aliphatic rings. The lowest BCUT2D eigenvalue weighted by molar-refractivity contribution is -0.149. The van der Waals surface area contributed by atoms with Crippen LogP contribution < -0.4 is 10.1 Å². The van der Waals surface area contributed by atoms with Crippen LogP contribution in [0.3, 0.4) is 0 Å². The minimum absolute atomic E-state index is 0.0820. The molecule has 0 aliphatic heterocycles. The summed E-state index contributed by atoms with van der Waals surface area (Å²) >= 11 is 0. The van der Waals surface area contributed by atoms with Gasteiger partial charge in [-0.05, 0) is 45.2 Å². The van der Waals surface area contributed by atoms with Crippen molar-refractivity contribution in [3.05, 3.63) is 29.8 Å². The van der Waals surface area contributed by atoms with E-state index in [1.807, 2.05) is 45.0 Å². The summed E-state index contributed by atoms with van der Waals surface area (Å²) in [5.41, 5.74) is 0.400. The third-order valence-electron chi connectivity index (χ3n) is 3.85. The van der Waals surface area contributed by atoms with Gasteiger partial charge >= 0.3 is 5.97 Å². The monoisotopic (exact) mass is 291 g/mol. The Bertz CT molecular complexity index is 499. The van der Waals surface area contributed by atoms with E-state index in [9.17, 15) is 4.79 Å². The quantitative estimate of drug-likeness (QED) is 0.785. The molecule has 0 spiro atoms. The van der Waals surface area contributed by atoms with Crippen LogP contribution in [0.1, 0.15) is 38.7 Å². The average Bonchev–Trinajstić information content (AvgIpc) is 3.24. The summed E-state index contributed by atoms with van der Waals surface area (Å²) in [5, 5.41) is 3.39. The standard InChI is InChI=1S/C17H25NO3/c1-12-7-5-6-8-15(12)21-13(2)11-17(3,16(19)20-4)18-14-9-10-14/h5-8,13-14,18H,9-11H2,1-4H3. The van der Waals surface area contributed by atoms with Crippen LogP contribution in [0.4, 0.5) is 0 Å². The van der Waals surface area contributed by atoms with Crippen molar-refractivity contribution in [2.24, 2.45) is 0 Å². The zero-order valence-electron chi connectivity index (χ0n) is 13.3. The van der Waals surface area contributed by atoms with E-state index in [2.05, 4.69) is 5.32 Å². The number of carbonyl (C=O) groups is 1. The summed E-state index contributed by atoms with van der Waals surface area (Å²) in [5.74, 6) is 0.637. The van der Waals surface area contributed by atoms with Crippen LogP contribution in [0.25, 0.3) is 0 Å². The van der Waals surface area contributed by atoms with Gasteiger partial charge in [-0.15, -0.1) is 0 Å². The number of methoxy groups -OCH3 is 1. The van der Waals surface area contributed by atoms with Crippen molar-refractivity contribution in [3.63, 3.8) is 0 Å². The lowest BCUT2D eigenvalue weighted by atomic mass is 9.94. The van der Waals surface area contributed by atoms with Crippen molar-refractivity contribution < 1.29 is 14.3 Å². The molecule has 116 valence electrons. The highest BCUT2D eigenvalue weighted by atomic mass is 16.5. The maximum Gasteiger partial charge on any atom is 0.325 e. The van der Waals surface area contributed by atoms with E-state index in [4.69, 9.17) is 9.47 Å². The van der Waals surface area contributed by atoms with Gasteiger partial charge in [0.25, 0.3) is 0 Å². The number of aryl methyl sites for hydroxylation is 1. The Morgan fingerprint density at radius 3 is 2.67 bits per heavy atom. The smallest absolute Gasteiger partial charge is 0.325 e. The Labute approximate surface area is 126 Å². The lowest BCUT2D eigenvalue weighted by Crippen LogP contribution is -2.53. The van der Waals surface area contributed by atoms with Crippen LogP contribution >= 0.6 is 0 Å². The molecule has 21 heavy (non-hydrogen) atoms. The maximum absolute atomic E-state index is 12.1. The van der Waals surface area contributed by atoms with Crippen LogP contribution in [-0.2, 0) is 9.53 Å². The number of esters is 1. The van der Waals surface area contributed by atoms with E-state index in [0.29, 0.717) is 12.5 Å². The van der Waals surface area contributed by atoms with Crippen LogP contribution in [0.15, 0.2) is 24.3 Å². The van der Waals surface area contributed by atoms with E-state index in [1.54, 1.807) is 0 Å². The molecule has 0 amide bonds. The van der Waals surface area contributed by atoms with E-state index >= 15 is 0 Å². The Hall–Kier alpha value is -1.55. The second-order valence-electron chi connectivity index (χ2n) is 6.14. The van der Waals surface area contributed by atoms with Crippen LogP contribution in [-0.4, -0.2) is 30.8 Å². The van der Waals surface area contributed by atoms with Crippen molar-refractivity contribution >= 4 is 5.97 Å². The first-order chi connectivity index (χ1) is 9.94. The molecule has 2 rings (SSSR count). The van der Waals surface area contributed by atoms with Crippen molar-refractivity contribution in [1.82, 2.24) is 5.32 Å². The molecule has 1 saturated carbocycles. The van der Waals surface area contributed by atoms with Gasteiger partial charge in [0.05, 0.1) is 13.2 Å². The van der Waals surface area contributed by atoms with Gasteiger partial charge in [0.1, 0.15) is 11.3 Å². The molecule has 4 heteroatoms. The number of rotatable bonds is 7. The van der Waals surface area contributed by atoms with Gasteiger partial charge in [-0.3, -0.25) is 10.1 Å². The van der Waals surface area contributed by atoms with Crippen LogP contribution in [0.5, 0.6) is 5.75 Å². The zero-order valence-corrected chi connectivity index (χ0v) is 13.3. The maximum atomic E-state index is 12.1. The number of ether oxygens (including phenoxy) is 2. The number of hydrogen-bond acceptors (Lipinski definition) is 4. The summed E-state index contributed by atoms with van der Waals surface area (Å²) in [6.45, 7) is 5.90. The second-order valence-corrected chi connectivity index (χ2v) is 6.14. The molecule has 0 heterocycles. The molecular formula is C17H25NO3. The SMILES string of the molecule is COC(=O)C(C)(CC(C)Oc1ccccc1C)NC1CC1. The van der Waals surface area contributed by atoms with Gasteiger partial charge in [0.2, 0.25) is 0 Å². The molecule has 2 unspecified atom stereocenters. The zero-order chi connectivity index (χ0) is 15.5. The van der Waals surface area contributed by atoms with Gasteiger partial charge in [-0.25, -0.2) is 0 Å². The molecule has 0 radical (unpaired) electrons. The summed E-state index contributed by atoms with van der Waals surface area (Å²) in [6, 6.07) is 8.34. The van der Waals surface area contributed by atoms with Crippen molar-refractivity contribution in [1.29, 1.82) is 0 Å². The van der Waals surface area contributed by atoms with E-state index in [-0.39, 0.29) is 12.1 Å². The van der Waals surface area contributed by atoms with Gasteiger partial charge in [0, 0.05) is 12.5 Å². The molecule has 0 saturated heterocycles. The molecule has 0 aromatic heterocycles. The highest BCUT2D eigenvalue weighted by Gasteiger charge is 2.40. The Balaban J connectivity index is 2.02. The predicted octanol–water partition coefficient (Wildman–Crippen LogP) is 2.84. The number of hydrogen-bond donors (Lipinski definition) is 1. The molecule has 1 aliphatic carbocycles. The normalized spacial score (nSPS) is 18.7. The van der Waals surface area contributed by atoms with Gasteiger partial charge in [-0.2, -0.15) is 0 Å². The topological polar surface area (TPSA) is 47.6 Å². The highest BCUT2D eigenvalue weighted by Crippen LogP contribution is 2.27. The Morgan fingerprint density at radius 1 is 1.43 bits per heavy atom. The van der Waals surface area contributed by atoms with Crippen molar-refractivity contribution in [2.45, 2.75) is 57.7 Å². The van der Waals surface area contributed by atoms with Gasteiger partial charge in [-0.1, -0.05) is 18.2 Å². The lowest BCUT2D eigenvalue weighted by Gasteiger charge is -2.31. The third-order valence-corrected chi connectivity index (χ3v) is 3.85. The van der Waals surface area contributed by atoms with Crippen molar-refractivity contribution in [2.75, 3.05) is 7.11 Å². The van der Waals surface area contributed by atoms with E-state index in [0.717, 1.165) is 24.2 Å². The minimum Gasteiger partial charge on any atom is -0.490 e. The van der Waals surface area contributed by atoms with Crippen LogP contribution in [0.2, 0.25) is 0 Å². The third kappa shape index (κ3) is 4.21. The second kappa shape index (κ2) is 6.48. The molecule has 4 nitrogen and oxygen atoms in total. The minimum atomic E-state index is -0.696.